The van der Waals surface area contributed by atoms with Gasteiger partial charge in [-0.1, -0.05) is 18.2 Å². The van der Waals surface area contributed by atoms with Gasteiger partial charge in [-0.3, -0.25) is 14.4 Å². The number of aromatic amines is 1. The van der Waals surface area contributed by atoms with Crippen LogP contribution in [0.1, 0.15) is 54.2 Å². The molecule has 0 spiro atoms. The molecule has 4 rings (SSSR count). The van der Waals surface area contributed by atoms with E-state index in [4.69, 9.17) is 0 Å². The lowest BCUT2D eigenvalue weighted by Gasteiger charge is -2.43. The molecule has 1 unspecified atom stereocenters. The van der Waals surface area contributed by atoms with Crippen molar-refractivity contribution < 1.29 is 31.4 Å². The summed E-state index contributed by atoms with van der Waals surface area (Å²) in [4.78, 5) is 1.29. The highest BCUT2D eigenvalue weighted by atomic mass is 19.3. The van der Waals surface area contributed by atoms with Gasteiger partial charge in [0.05, 0.1) is 25.5 Å². The first-order valence-corrected chi connectivity index (χ1v) is 12.9. The first kappa shape index (κ1) is 29.1. The number of fused-ring (bicyclic) bond motifs is 1. The molecule has 0 radical (unpaired) electrons. The number of rotatable bonds is 12. The number of benzene rings is 2. The molecule has 0 saturated heterocycles. The van der Waals surface area contributed by atoms with E-state index in [0.717, 1.165) is 28.8 Å². The predicted molar refractivity (Wildman–Crippen MR) is 136 cm³/mol. The first-order chi connectivity index (χ1) is 18.6. The van der Waals surface area contributed by atoms with Gasteiger partial charge in [0, 0.05) is 23.4 Å². The highest BCUT2D eigenvalue weighted by molar-refractivity contribution is 5.64. The molecule has 3 aromatic rings. The van der Waals surface area contributed by atoms with Crippen LogP contribution in [-0.2, 0) is 6.42 Å². The number of hydrogen-bond acceptors (Lipinski definition) is 4. The van der Waals surface area contributed by atoms with Crippen molar-refractivity contribution in [1.29, 1.82) is 0 Å². The third-order valence-corrected chi connectivity index (χ3v) is 7.13. The zero-order chi connectivity index (χ0) is 28.2. The molecule has 0 aliphatic carbocycles. The Morgan fingerprint density at radius 3 is 2.54 bits per heavy atom. The molecule has 0 fully saturated rings. The Balaban J connectivity index is 1.71. The van der Waals surface area contributed by atoms with Gasteiger partial charge in [0.1, 0.15) is 24.4 Å². The molecule has 1 aliphatic heterocycles. The van der Waals surface area contributed by atoms with Crippen LogP contribution in [0, 0.1) is 11.6 Å². The van der Waals surface area contributed by atoms with Gasteiger partial charge >= 0.3 is 0 Å². The Hall–Kier alpha value is -2.89. The van der Waals surface area contributed by atoms with Crippen molar-refractivity contribution in [3.05, 3.63) is 76.6 Å². The molecule has 2 heterocycles. The molecule has 3 atom stereocenters. The van der Waals surface area contributed by atoms with Crippen LogP contribution in [0.25, 0.3) is 11.1 Å². The Bertz CT molecular complexity index is 1220. The minimum Gasteiger partial charge on any atom is -0.390 e. The second-order valence-electron chi connectivity index (χ2n) is 9.99. The van der Waals surface area contributed by atoms with E-state index in [1.807, 2.05) is 6.07 Å². The average molecular weight is 555 g/mol. The van der Waals surface area contributed by atoms with Gasteiger partial charge in [0.2, 0.25) is 0 Å². The van der Waals surface area contributed by atoms with Crippen LogP contribution < -0.4 is 5.32 Å². The van der Waals surface area contributed by atoms with Crippen LogP contribution in [0.15, 0.2) is 42.7 Å². The Morgan fingerprint density at radius 1 is 1.15 bits per heavy atom. The maximum atomic E-state index is 15.6. The number of aliphatic hydroxyl groups is 1. The largest absolute Gasteiger partial charge is 0.390 e. The molecule has 2 aromatic carbocycles. The summed E-state index contributed by atoms with van der Waals surface area (Å²) >= 11 is 0. The summed E-state index contributed by atoms with van der Waals surface area (Å²) in [7, 11) is 0. The number of hydrogen-bond donors (Lipinski definition) is 3. The van der Waals surface area contributed by atoms with E-state index < -0.39 is 61.2 Å². The Morgan fingerprint density at radius 2 is 1.90 bits per heavy atom. The second-order valence-corrected chi connectivity index (χ2v) is 9.99. The average Bonchev–Trinajstić information content (AvgIpc) is 3.44. The van der Waals surface area contributed by atoms with Gasteiger partial charge in [0.15, 0.2) is 0 Å². The minimum absolute atomic E-state index is 0.0700. The van der Waals surface area contributed by atoms with Crippen molar-refractivity contribution in [2.45, 2.75) is 50.4 Å². The fraction of sp³-hybridized carbons (Fsp3) is 0.464. The normalized spacial score (nSPS) is 18.8. The fourth-order valence-corrected chi connectivity index (χ4v) is 5.15. The van der Waals surface area contributed by atoms with E-state index >= 15 is 8.78 Å². The number of halogens is 6. The van der Waals surface area contributed by atoms with Crippen molar-refractivity contribution in [3.63, 3.8) is 0 Å². The maximum Gasteiger partial charge on any atom is 0.283 e. The zero-order valence-corrected chi connectivity index (χ0v) is 21.5. The Kier molecular flexibility index (Phi) is 9.35. The fourth-order valence-electron chi connectivity index (χ4n) is 5.15. The molecule has 0 amide bonds. The van der Waals surface area contributed by atoms with Crippen molar-refractivity contribution in [3.8, 4) is 11.1 Å². The first-order valence-electron chi connectivity index (χ1n) is 12.9. The number of H-pyrrole nitrogens is 1. The van der Waals surface area contributed by atoms with Gasteiger partial charge in [-0.25, -0.2) is 22.0 Å². The number of nitrogens with zero attached hydrogens (tertiary/aromatic N) is 2. The maximum absolute atomic E-state index is 15.6. The van der Waals surface area contributed by atoms with Crippen LogP contribution in [0.3, 0.4) is 0 Å². The number of aromatic nitrogens is 2. The number of aliphatic hydroxyl groups excluding tert-OH is 1. The zero-order valence-electron chi connectivity index (χ0n) is 21.5. The molecule has 11 heteroatoms. The smallest absolute Gasteiger partial charge is 0.283 e. The van der Waals surface area contributed by atoms with Crippen LogP contribution in [0.4, 0.5) is 26.3 Å². The SMILES string of the molecule is C[C@@H]1Cc2cc(-c3cn[nH]c3)ccc2[C@@H](c2c(F)cc(C(F)CCNCCCF)cc2F)N1CC(F)(F)CO. The van der Waals surface area contributed by atoms with Crippen LogP contribution in [0.2, 0.25) is 0 Å². The monoisotopic (exact) mass is 554 g/mol. The van der Waals surface area contributed by atoms with Crippen molar-refractivity contribution in [1.82, 2.24) is 20.4 Å². The lowest BCUT2D eigenvalue weighted by atomic mass is 9.82. The summed E-state index contributed by atoms with van der Waals surface area (Å²) in [6, 6.07) is 5.27. The molecule has 5 nitrogen and oxygen atoms in total. The topological polar surface area (TPSA) is 64.2 Å². The third-order valence-electron chi connectivity index (χ3n) is 7.13. The quantitative estimate of drug-likeness (QED) is 0.200. The summed E-state index contributed by atoms with van der Waals surface area (Å²) in [6.07, 6.45) is 2.20. The second kappa shape index (κ2) is 12.5. The minimum atomic E-state index is -3.51. The highest BCUT2D eigenvalue weighted by Crippen LogP contribution is 2.43. The van der Waals surface area contributed by atoms with Gasteiger partial charge < -0.3 is 10.4 Å². The molecular formula is C28H32F6N4O. The van der Waals surface area contributed by atoms with Gasteiger partial charge in [-0.15, -0.1) is 0 Å². The molecule has 3 N–H and O–H groups in total. The standard InChI is InChI=1S/C28H32F6N4O/c1-17-9-19-10-18(21-13-36-37-14-21)3-4-22(19)27(38(17)15-28(33,34)16-39)26-24(31)11-20(12-25(26)32)23(30)5-8-35-7-2-6-29/h3-4,10-14,17,23,27,35,39H,2,5-9,15-16H2,1H3,(H,36,37)/t17-,23?,27+/m1/s1. The van der Waals surface area contributed by atoms with E-state index in [0.29, 0.717) is 18.5 Å². The number of alkyl halides is 4. The summed E-state index contributed by atoms with van der Waals surface area (Å²) in [5.74, 6) is -5.59. The molecule has 212 valence electrons. The van der Waals surface area contributed by atoms with E-state index in [1.165, 1.54) is 4.90 Å². The molecule has 0 saturated carbocycles. The molecule has 1 aliphatic rings. The highest BCUT2D eigenvalue weighted by Gasteiger charge is 2.42. The molecule has 1 aromatic heterocycles. The summed E-state index contributed by atoms with van der Waals surface area (Å²) < 4.78 is 87.1. The van der Waals surface area contributed by atoms with Gasteiger partial charge in [0.25, 0.3) is 5.92 Å². The van der Waals surface area contributed by atoms with E-state index in [9.17, 15) is 22.7 Å². The lowest BCUT2D eigenvalue weighted by molar-refractivity contribution is -0.0867. The third kappa shape index (κ3) is 6.64. The molecular weight excluding hydrogens is 522 g/mol. The van der Waals surface area contributed by atoms with E-state index in [1.54, 1.807) is 31.5 Å². The van der Waals surface area contributed by atoms with Crippen molar-refractivity contribution in [2.24, 2.45) is 0 Å². The lowest BCUT2D eigenvalue weighted by Crippen LogP contribution is -2.49. The van der Waals surface area contributed by atoms with Crippen molar-refractivity contribution >= 4 is 0 Å². The van der Waals surface area contributed by atoms with Gasteiger partial charge in [-0.05, 0) is 73.7 Å². The number of nitrogens with one attached hydrogen (secondary N) is 2. The molecule has 0 bridgehead atoms. The molecule has 39 heavy (non-hydrogen) atoms. The Labute approximate surface area is 223 Å². The van der Waals surface area contributed by atoms with Crippen LogP contribution >= 0.6 is 0 Å². The van der Waals surface area contributed by atoms with Crippen LogP contribution in [-0.4, -0.2) is 65.1 Å². The van der Waals surface area contributed by atoms with Crippen molar-refractivity contribution in [2.75, 3.05) is 32.9 Å². The predicted octanol–water partition coefficient (Wildman–Crippen LogP) is 5.67. The summed E-state index contributed by atoms with van der Waals surface area (Å²) in [5.41, 5.74) is 2.14. The van der Waals surface area contributed by atoms with E-state index in [2.05, 4.69) is 15.5 Å². The van der Waals surface area contributed by atoms with Crippen LogP contribution in [0.5, 0.6) is 0 Å². The van der Waals surface area contributed by atoms with Gasteiger partial charge in [-0.2, -0.15) is 5.10 Å². The summed E-state index contributed by atoms with van der Waals surface area (Å²) in [6.45, 7) is -0.592. The summed E-state index contributed by atoms with van der Waals surface area (Å²) in [5, 5.41) is 18.8. The van der Waals surface area contributed by atoms with E-state index in [-0.39, 0.29) is 24.9 Å².